The number of rotatable bonds is 5. The highest BCUT2D eigenvalue weighted by atomic mass is 16.5. The van der Waals surface area contributed by atoms with E-state index in [-0.39, 0.29) is 12.7 Å². The highest BCUT2D eigenvalue weighted by Crippen LogP contribution is 2.43. The summed E-state index contributed by atoms with van der Waals surface area (Å²) in [6.45, 7) is -0.125. The van der Waals surface area contributed by atoms with Gasteiger partial charge in [0, 0.05) is 13.0 Å². The van der Waals surface area contributed by atoms with Crippen molar-refractivity contribution in [2.45, 2.75) is 63.6 Å². The zero-order chi connectivity index (χ0) is 16.5. The van der Waals surface area contributed by atoms with Crippen molar-refractivity contribution in [1.82, 2.24) is 25.0 Å². The van der Waals surface area contributed by atoms with E-state index < -0.39 is 0 Å². The van der Waals surface area contributed by atoms with E-state index in [1.807, 2.05) is 0 Å². The molecule has 2 fully saturated rings. The first-order valence-electron chi connectivity index (χ1n) is 8.79. The second kappa shape index (κ2) is 6.47. The third-order valence-corrected chi connectivity index (χ3v) is 4.89. The fraction of sp³-hybridized carbons (Fsp3) is 0.647. The van der Waals surface area contributed by atoms with Crippen molar-refractivity contribution in [3.63, 3.8) is 0 Å². The molecule has 0 amide bonds. The number of hydrogen-bond donors (Lipinski definition) is 1. The van der Waals surface area contributed by atoms with Crippen LogP contribution in [0.1, 0.15) is 62.3 Å². The minimum atomic E-state index is -0.125. The lowest BCUT2D eigenvalue weighted by Gasteiger charge is -2.23. The van der Waals surface area contributed by atoms with Gasteiger partial charge < -0.3 is 9.84 Å². The van der Waals surface area contributed by atoms with Gasteiger partial charge in [-0.15, -0.1) is 5.10 Å². The van der Waals surface area contributed by atoms with Crippen LogP contribution in [-0.4, -0.2) is 36.2 Å². The average Bonchev–Trinajstić information content (AvgIpc) is 3.39. The zero-order valence-electron chi connectivity index (χ0n) is 14.0. The molecular formula is C17H23N5O2. The highest BCUT2D eigenvalue weighted by Gasteiger charge is 2.31. The summed E-state index contributed by atoms with van der Waals surface area (Å²) in [5.41, 5.74) is 2.84. The van der Waals surface area contributed by atoms with E-state index in [1.165, 1.54) is 19.3 Å². The van der Waals surface area contributed by atoms with Gasteiger partial charge in [-0.1, -0.05) is 11.6 Å². The van der Waals surface area contributed by atoms with E-state index in [1.54, 1.807) is 17.9 Å². The number of aryl methyl sites for hydroxylation is 1. The fourth-order valence-electron chi connectivity index (χ4n) is 3.31. The van der Waals surface area contributed by atoms with E-state index in [9.17, 15) is 5.11 Å². The van der Waals surface area contributed by atoms with E-state index in [2.05, 4.69) is 15.3 Å². The Morgan fingerprint density at radius 2 is 2.00 bits per heavy atom. The maximum absolute atomic E-state index is 9.54. The summed E-state index contributed by atoms with van der Waals surface area (Å²) in [4.78, 5) is 9.33. The first-order chi connectivity index (χ1) is 11.8. The van der Waals surface area contributed by atoms with Crippen molar-refractivity contribution >= 4 is 0 Å². The van der Waals surface area contributed by atoms with Crippen LogP contribution in [-0.2, 0) is 13.7 Å². The Morgan fingerprint density at radius 3 is 2.71 bits per heavy atom. The summed E-state index contributed by atoms with van der Waals surface area (Å²) in [6.07, 6.45) is 10.2. The molecule has 1 N–H and O–H groups in total. The molecule has 2 aromatic rings. The lowest BCUT2D eigenvalue weighted by Crippen LogP contribution is -2.21. The van der Waals surface area contributed by atoms with Gasteiger partial charge in [0.05, 0.1) is 18.5 Å². The van der Waals surface area contributed by atoms with Gasteiger partial charge in [0.1, 0.15) is 23.2 Å². The molecule has 2 saturated carbocycles. The normalized spacial score (nSPS) is 18.8. The molecule has 2 aliphatic carbocycles. The number of nitrogens with zero attached hydrogens (tertiary/aromatic N) is 5. The maximum atomic E-state index is 9.54. The lowest BCUT2D eigenvalue weighted by atomic mass is 9.98. The molecule has 0 aliphatic heterocycles. The molecule has 0 spiro atoms. The van der Waals surface area contributed by atoms with Gasteiger partial charge >= 0.3 is 0 Å². The molecule has 0 bridgehead atoms. The summed E-state index contributed by atoms with van der Waals surface area (Å²) in [6, 6.07) is 0. The van der Waals surface area contributed by atoms with Crippen molar-refractivity contribution in [2.75, 3.05) is 0 Å². The number of ether oxygens (including phenoxy) is 1. The van der Waals surface area contributed by atoms with Crippen LogP contribution in [0, 0.1) is 0 Å². The van der Waals surface area contributed by atoms with Crippen LogP contribution in [0.4, 0.5) is 0 Å². The van der Waals surface area contributed by atoms with Crippen LogP contribution >= 0.6 is 0 Å². The average molecular weight is 329 g/mol. The van der Waals surface area contributed by atoms with Crippen molar-refractivity contribution in [3.05, 3.63) is 17.6 Å². The summed E-state index contributed by atoms with van der Waals surface area (Å²) >= 11 is 0. The van der Waals surface area contributed by atoms with Gasteiger partial charge in [0.2, 0.25) is 5.88 Å². The van der Waals surface area contributed by atoms with E-state index in [0.29, 0.717) is 28.9 Å². The highest BCUT2D eigenvalue weighted by molar-refractivity contribution is 5.56. The molecule has 2 aromatic heterocycles. The van der Waals surface area contributed by atoms with Gasteiger partial charge in [-0.3, -0.25) is 0 Å². The predicted octanol–water partition coefficient (Wildman–Crippen LogP) is 2.35. The number of aliphatic hydroxyl groups excluding tert-OH is 1. The predicted molar refractivity (Wildman–Crippen MR) is 87.4 cm³/mol. The molecule has 128 valence electrons. The van der Waals surface area contributed by atoms with Gasteiger partial charge in [-0.2, -0.15) is 0 Å². The Bertz CT molecular complexity index is 720. The Kier molecular flexibility index (Phi) is 4.18. The smallest absolute Gasteiger partial charge is 0.236 e. The lowest BCUT2D eigenvalue weighted by molar-refractivity contribution is 0.146. The number of aliphatic hydroxyl groups is 1. The standard InChI is InChI=1S/C17H23N5O2/c1-22-14(10-23)16(20-21-22)13-9-18-17(15(19-13)11-7-8-11)24-12-5-3-2-4-6-12/h9,11-12,23H,2-8,10H2,1H3. The third-order valence-electron chi connectivity index (χ3n) is 4.89. The molecule has 0 saturated heterocycles. The maximum Gasteiger partial charge on any atom is 0.236 e. The van der Waals surface area contributed by atoms with E-state index in [4.69, 9.17) is 9.72 Å². The second-order valence-corrected chi connectivity index (χ2v) is 6.76. The Balaban J connectivity index is 1.64. The Hall–Kier alpha value is -2.02. The monoisotopic (exact) mass is 329 g/mol. The first-order valence-corrected chi connectivity index (χ1v) is 8.79. The van der Waals surface area contributed by atoms with Crippen molar-refractivity contribution < 1.29 is 9.84 Å². The van der Waals surface area contributed by atoms with Crippen molar-refractivity contribution in [3.8, 4) is 17.3 Å². The summed E-state index contributed by atoms with van der Waals surface area (Å²) in [5, 5.41) is 17.6. The van der Waals surface area contributed by atoms with Gasteiger partial charge in [-0.25, -0.2) is 14.6 Å². The Morgan fingerprint density at radius 1 is 1.21 bits per heavy atom. The van der Waals surface area contributed by atoms with Crippen LogP contribution in [0.3, 0.4) is 0 Å². The van der Waals surface area contributed by atoms with Gasteiger partial charge in [0.25, 0.3) is 0 Å². The van der Waals surface area contributed by atoms with Crippen LogP contribution in [0.15, 0.2) is 6.20 Å². The van der Waals surface area contributed by atoms with Crippen LogP contribution in [0.25, 0.3) is 11.4 Å². The fourth-order valence-corrected chi connectivity index (χ4v) is 3.31. The molecule has 24 heavy (non-hydrogen) atoms. The largest absolute Gasteiger partial charge is 0.473 e. The zero-order valence-corrected chi connectivity index (χ0v) is 14.0. The van der Waals surface area contributed by atoms with Gasteiger partial charge in [-0.05, 0) is 38.5 Å². The molecule has 7 nitrogen and oxygen atoms in total. The molecule has 2 heterocycles. The van der Waals surface area contributed by atoms with Crippen LogP contribution < -0.4 is 4.74 Å². The molecule has 2 aliphatic rings. The molecule has 4 rings (SSSR count). The second-order valence-electron chi connectivity index (χ2n) is 6.76. The summed E-state index contributed by atoms with van der Waals surface area (Å²) in [5.74, 6) is 1.12. The van der Waals surface area contributed by atoms with Crippen LogP contribution in [0.5, 0.6) is 5.88 Å². The first kappa shape index (κ1) is 15.5. The van der Waals surface area contributed by atoms with E-state index in [0.717, 1.165) is 31.4 Å². The van der Waals surface area contributed by atoms with E-state index >= 15 is 0 Å². The SMILES string of the molecule is Cn1nnc(-c2cnc(OC3CCCCC3)c(C3CC3)n2)c1CO. The minimum absolute atomic E-state index is 0.125. The van der Waals surface area contributed by atoms with Crippen molar-refractivity contribution in [2.24, 2.45) is 7.05 Å². The molecule has 0 aromatic carbocycles. The van der Waals surface area contributed by atoms with Crippen LogP contribution in [0.2, 0.25) is 0 Å². The molecule has 0 radical (unpaired) electrons. The number of aromatic nitrogens is 5. The summed E-state index contributed by atoms with van der Waals surface area (Å²) in [7, 11) is 1.76. The molecule has 0 unspecified atom stereocenters. The topological polar surface area (TPSA) is 86.0 Å². The summed E-state index contributed by atoms with van der Waals surface area (Å²) < 4.78 is 7.75. The minimum Gasteiger partial charge on any atom is -0.473 e. The van der Waals surface area contributed by atoms with Gasteiger partial charge in [0.15, 0.2) is 0 Å². The molecular weight excluding hydrogens is 306 g/mol. The van der Waals surface area contributed by atoms with Crippen molar-refractivity contribution in [1.29, 1.82) is 0 Å². The quantitative estimate of drug-likeness (QED) is 0.906. The number of hydrogen-bond acceptors (Lipinski definition) is 6. The molecule has 0 atom stereocenters. The molecule has 7 heteroatoms. The Labute approximate surface area is 141 Å². The third kappa shape index (κ3) is 3.00.